The van der Waals surface area contributed by atoms with Crippen LogP contribution >= 0.6 is 0 Å². The number of urea groups is 1. The van der Waals surface area contributed by atoms with E-state index in [1.54, 1.807) is 36.4 Å². The van der Waals surface area contributed by atoms with Crippen LogP contribution in [0.25, 0.3) is 6.08 Å². The lowest BCUT2D eigenvalue weighted by Crippen LogP contribution is -2.36. The molecule has 30 heavy (non-hydrogen) atoms. The van der Waals surface area contributed by atoms with Crippen molar-refractivity contribution in [3.63, 3.8) is 0 Å². The first-order chi connectivity index (χ1) is 14.4. The Hall–Kier alpha value is -4.21. The summed E-state index contributed by atoms with van der Waals surface area (Å²) in [7, 11) is 1.16. The lowest BCUT2D eigenvalue weighted by atomic mass is 10.1. The zero-order valence-corrected chi connectivity index (χ0v) is 15.9. The van der Waals surface area contributed by atoms with E-state index in [9.17, 15) is 24.5 Å². The Kier molecular flexibility index (Phi) is 6.06. The minimum Gasteiger partial charge on any atom is -0.488 e. The molecule has 1 N–H and O–H groups in total. The molecule has 0 aromatic heterocycles. The molecule has 10 heteroatoms. The topological polar surface area (TPSA) is 128 Å². The lowest BCUT2D eigenvalue weighted by Gasteiger charge is -2.10. The summed E-state index contributed by atoms with van der Waals surface area (Å²) in [6.45, 7) is -0.430. The molecule has 0 saturated carbocycles. The van der Waals surface area contributed by atoms with Crippen molar-refractivity contribution < 1.29 is 28.8 Å². The van der Waals surface area contributed by atoms with Crippen LogP contribution in [0.2, 0.25) is 0 Å². The van der Waals surface area contributed by atoms with Crippen LogP contribution in [0.1, 0.15) is 11.1 Å². The molecule has 2 aromatic carbocycles. The number of nitrogens with one attached hydrogen (secondary N) is 1. The molecule has 0 bridgehead atoms. The first kappa shape index (κ1) is 20.5. The van der Waals surface area contributed by atoms with E-state index in [0.29, 0.717) is 16.9 Å². The zero-order chi connectivity index (χ0) is 21.7. The fraction of sp³-hybridized carbons (Fsp3) is 0.150. The van der Waals surface area contributed by atoms with Gasteiger partial charge in [-0.25, -0.2) is 9.69 Å². The number of rotatable bonds is 7. The summed E-state index contributed by atoms with van der Waals surface area (Å²) in [4.78, 5) is 46.9. The van der Waals surface area contributed by atoms with Crippen molar-refractivity contribution >= 4 is 29.7 Å². The highest BCUT2D eigenvalue weighted by molar-refractivity contribution is 6.15. The summed E-state index contributed by atoms with van der Waals surface area (Å²) in [6, 6.07) is 12.1. The smallest absolute Gasteiger partial charge is 0.329 e. The van der Waals surface area contributed by atoms with Crippen molar-refractivity contribution in [2.45, 2.75) is 6.61 Å². The number of hydrogen-bond donors (Lipinski definition) is 1. The van der Waals surface area contributed by atoms with Gasteiger partial charge in [0, 0.05) is 17.7 Å². The number of carbonyl (C=O) groups is 3. The number of esters is 1. The normalized spacial score (nSPS) is 14.6. The largest absolute Gasteiger partial charge is 0.488 e. The number of non-ortho nitro benzene ring substituents is 1. The van der Waals surface area contributed by atoms with Crippen LogP contribution in [0.4, 0.5) is 10.5 Å². The van der Waals surface area contributed by atoms with Gasteiger partial charge in [-0.15, -0.1) is 0 Å². The maximum absolute atomic E-state index is 12.4. The Bertz CT molecular complexity index is 1050. The number of benzene rings is 2. The summed E-state index contributed by atoms with van der Waals surface area (Å²) in [6.07, 6.45) is 1.43. The van der Waals surface area contributed by atoms with Crippen LogP contribution < -0.4 is 10.1 Å². The number of nitro groups is 1. The number of hydrogen-bond acceptors (Lipinski definition) is 7. The molecule has 0 aliphatic carbocycles. The van der Waals surface area contributed by atoms with Gasteiger partial charge in [-0.1, -0.05) is 30.3 Å². The first-order valence-corrected chi connectivity index (χ1v) is 8.75. The maximum Gasteiger partial charge on any atom is 0.329 e. The SMILES string of the molecule is COC(=O)CN1C(=O)N/C(=C/c2ccccc2OCc2cccc([N+](=O)[O-])c2)C1=O. The molecule has 1 fully saturated rings. The van der Waals surface area contributed by atoms with Crippen molar-refractivity contribution in [3.8, 4) is 5.75 Å². The average Bonchev–Trinajstić information content (AvgIpc) is 3.00. The molecule has 0 unspecified atom stereocenters. The van der Waals surface area contributed by atoms with Crippen LogP contribution in [-0.2, 0) is 20.9 Å². The van der Waals surface area contributed by atoms with Crippen molar-refractivity contribution in [3.05, 3.63) is 75.5 Å². The minimum absolute atomic E-state index is 0.0182. The third-order valence-corrected chi connectivity index (χ3v) is 4.21. The highest BCUT2D eigenvalue weighted by Gasteiger charge is 2.35. The third-order valence-electron chi connectivity index (χ3n) is 4.21. The number of para-hydroxylation sites is 1. The molecule has 2 aromatic rings. The minimum atomic E-state index is -0.730. The van der Waals surface area contributed by atoms with E-state index in [1.807, 2.05) is 0 Å². The van der Waals surface area contributed by atoms with Crippen molar-refractivity contribution in [2.24, 2.45) is 0 Å². The van der Waals surface area contributed by atoms with Gasteiger partial charge < -0.3 is 14.8 Å². The van der Waals surface area contributed by atoms with Crippen LogP contribution in [0, 0.1) is 10.1 Å². The van der Waals surface area contributed by atoms with Gasteiger partial charge in [0.25, 0.3) is 11.6 Å². The van der Waals surface area contributed by atoms with Gasteiger partial charge in [0.15, 0.2) is 0 Å². The summed E-state index contributed by atoms with van der Waals surface area (Å²) in [5.41, 5.74) is 1.04. The Balaban J connectivity index is 1.78. The van der Waals surface area contributed by atoms with Crippen LogP contribution in [0.15, 0.2) is 54.2 Å². The van der Waals surface area contributed by atoms with E-state index in [4.69, 9.17) is 4.74 Å². The molecule has 1 saturated heterocycles. The number of ether oxygens (including phenoxy) is 2. The van der Waals surface area contributed by atoms with Gasteiger partial charge in [0.2, 0.25) is 0 Å². The van der Waals surface area contributed by atoms with Crippen LogP contribution in [0.5, 0.6) is 5.75 Å². The second-order valence-corrected chi connectivity index (χ2v) is 6.21. The number of nitrogens with zero attached hydrogens (tertiary/aromatic N) is 2. The molecule has 1 heterocycles. The summed E-state index contributed by atoms with van der Waals surface area (Å²) in [5.74, 6) is -0.982. The Labute approximate surface area is 170 Å². The molecule has 0 spiro atoms. The number of nitro benzene ring substituents is 1. The third kappa shape index (κ3) is 4.61. The Morgan fingerprint density at radius 1 is 1.20 bits per heavy atom. The van der Waals surface area contributed by atoms with E-state index < -0.39 is 29.4 Å². The maximum atomic E-state index is 12.4. The standard InChI is InChI=1S/C20H17N3O7/c1-29-18(24)11-22-19(25)16(21-20(22)26)10-14-6-2-3-8-17(14)30-12-13-5-4-7-15(9-13)23(27)28/h2-10H,11-12H2,1H3,(H,21,26)/b16-10+. The number of carbonyl (C=O) groups excluding carboxylic acids is 3. The van der Waals surface area contributed by atoms with Crippen LogP contribution in [-0.4, -0.2) is 41.4 Å². The zero-order valence-electron chi connectivity index (χ0n) is 15.9. The molecule has 1 aliphatic heterocycles. The number of methoxy groups -OCH3 is 1. The fourth-order valence-electron chi connectivity index (χ4n) is 2.72. The molecule has 1 aliphatic rings. The van der Waals surface area contributed by atoms with Gasteiger partial charge in [-0.3, -0.25) is 19.7 Å². The molecular weight excluding hydrogens is 394 g/mol. The van der Waals surface area contributed by atoms with E-state index in [-0.39, 0.29) is 18.0 Å². The average molecular weight is 411 g/mol. The molecule has 154 valence electrons. The van der Waals surface area contributed by atoms with E-state index in [1.165, 1.54) is 18.2 Å². The Morgan fingerprint density at radius 2 is 1.97 bits per heavy atom. The second kappa shape index (κ2) is 8.86. The molecule has 0 radical (unpaired) electrons. The molecule has 10 nitrogen and oxygen atoms in total. The molecular formula is C20H17N3O7. The van der Waals surface area contributed by atoms with Crippen LogP contribution in [0.3, 0.4) is 0 Å². The van der Waals surface area contributed by atoms with E-state index in [2.05, 4.69) is 10.1 Å². The fourth-order valence-corrected chi connectivity index (χ4v) is 2.72. The van der Waals surface area contributed by atoms with Crippen molar-refractivity contribution in [1.82, 2.24) is 10.2 Å². The van der Waals surface area contributed by atoms with Gasteiger partial charge in [-0.05, 0) is 17.7 Å². The molecule has 0 atom stereocenters. The summed E-state index contributed by atoms with van der Waals surface area (Å²) >= 11 is 0. The second-order valence-electron chi connectivity index (χ2n) is 6.21. The van der Waals surface area contributed by atoms with Crippen molar-refractivity contribution in [2.75, 3.05) is 13.7 Å². The van der Waals surface area contributed by atoms with Gasteiger partial charge in [-0.2, -0.15) is 0 Å². The highest BCUT2D eigenvalue weighted by Crippen LogP contribution is 2.24. The predicted molar refractivity (Wildman–Crippen MR) is 104 cm³/mol. The number of amides is 3. The molecule has 3 amide bonds. The summed E-state index contributed by atoms with van der Waals surface area (Å²) in [5, 5.41) is 13.3. The van der Waals surface area contributed by atoms with Gasteiger partial charge in [0.1, 0.15) is 24.6 Å². The van der Waals surface area contributed by atoms with E-state index >= 15 is 0 Å². The predicted octanol–water partition coefficient (Wildman–Crippen LogP) is 2.24. The quantitative estimate of drug-likeness (QED) is 0.243. The van der Waals surface area contributed by atoms with Gasteiger partial charge >= 0.3 is 12.0 Å². The first-order valence-electron chi connectivity index (χ1n) is 8.75. The lowest BCUT2D eigenvalue weighted by molar-refractivity contribution is -0.384. The van der Waals surface area contributed by atoms with Gasteiger partial charge in [0.05, 0.1) is 12.0 Å². The summed E-state index contributed by atoms with van der Waals surface area (Å²) < 4.78 is 10.2. The highest BCUT2D eigenvalue weighted by atomic mass is 16.6. The monoisotopic (exact) mass is 411 g/mol. The van der Waals surface area contributed by atoms with Crippen molar-refractivity contribution in [1.29, 1.82) is 0 Å². The Morgan fingerprint density at radius 3 is 2.70 bits per heavy atom. The van der Waals surface area contributed by atoms with E-state index in [0.717, 1.165) is 12.0 Å². The molecule has 3 rings (SSSR count). The number of imide groups is 1.